The molecule has 2 saturated heterocycles. The number of piperidine rings is 1. The number of nitrogens with zero attached hydrogens (tertiary/aromatic N) is 4. The first-order chi connectivity index (χ1) is 11.6. The van der Waals surface area contributed by atoms with Crippen molar-refractivity contribution in [3.8, 4) is 0 Å². The lowest BCUT2D eigenvalue weighted by Crippen LogP contribution is -2.41. The Bertz CT molecular complexity index is 529. The predicted molar refractivity (Wildman–Crippen MR) is 93.1 cm³/mol. The second-order valence-electron chi connectivity index (χ2n) is 7.25. The van der Waals surface area contributed by atoms with Gasteiger partial charge in [0.15, 0.2) is 0 Å². The number of hydrogen-bond acceptors (Lipinski definition) is 4. The number of amides is 1. The lowest BCUT2D eigenvalue weighted by molar-refractivity contribution is 0.0332. The monoisotopic (exact) mass is 334 g/mol. The van der Waals surface area contributed by atoms with Crippen LogP contribution in [-0.2, 0) is 4.74 Å². The predicted octanol–water partition coefficient (Wildman–Crippen LogP) is 2.04. The third kappa shape index (κ3) is 4.36. The highest BCUT2D eigenvalue weighted by atomic mass is 16.5. The van der Waals surface area contributed by atoms with Gasteiger partial charge in [0, 0.05) is 38.4 Å². The molecule has 1 aromatic rings. The third-order valence-corrected chi connectivity index (χ3v) is 5.22. The average Bonchev–Trinajstić information content (AvgIpc) is 3.11. The molecule has 1 aromatic heterocycles. The Morgan fingerprint density at radius 3 is 2.58 bits per heavy atom. The van der Waals surface area contributed by atoms with Gasteiger partial charge in [0.2, 0.25) is 0 Å². The van der Waals surface area contributed by atoms with Crippen LogP contribution in [0.5, 0.6) is 0 Å². The van der Waals surface area contributed by atoms with Crippen molar-refractivity contribution in [2.24, 2.45) is 5.92 Å². The van der Waals surface area contributed by atoms with Gasteiger partial charge in [0.05, 0.1) is 13.2 Å². The summed E-state index contributed by atoms with van der Waals surface area (Å²) in [5.74, 6) is 0.825. The van der Waals surface area contributed by atoms with Crippen molar-refractivity contribution >= 4 is 5.91 Å². The highest BCUT2D eigenvalue weighted by Gasteiger charge is 2.25. The molecule has 0 spiro atoms. The number of carbonyl (C=O) groups excluding carboxylic acids is 1. The summed E-state index contributed by atoms with van der Waals surface area (Å²) < 4.78 is 7.25. The van der Waals surface area contributed by atoms with Gasteiger partial charge < -0.3 is 9.64 Å². The molecule has 0 aliphatic carbocycles. The van der Waals surface area contributed by atoms with Crippen molar-refractivity contribution in [2.75, 3.05) is 45.9 Å². The Labute approximate surface area is 144 Å². The largest absolute Gasteiger partial charge is 0.379 e. The summed E-state index contributed by atoms with van der Waals surface area (Å²) in [6.45, 7) is 10.9. The molecule has 134 valence electrons. The van der Waals surface area contributed by atoms with E-state index < -0.39 is 0 Å². The van der Waals surface area contributed by atoms with Gasteiger partial charge >= 0.3 is 0 Å². The summed E-state index contributed by atoms with van der Waals surface area (Å²) >= 11 is 0. The van der Waals surface area contributed by atoms with Gasteiger partial charge in [-0.3, -0.25) is 14.4 Å². The van der Waals surface area contributed by atoms with Crippen LogP contribution < -0.4 is 0 Å². The van der Waals surface area contributed by atoms with E-state index in [1.54, 1.807) is 0 Å². The first-order valence-corrected chi connectivity index (χ1v) is 9.28. The van der Waals surface area contributed by atoms with Crippen LogP contribution in [0.4, 0.5) is 0 Å². The number of likely N-dealkylation sites (tertiary alicyclic amines) is 1. The smallest absolute Gasteiger partial charge is 0.274 e. The Kier molecular flexibility index (Phi) is 5.89. The van der Waals surface area contributed by atoms with E-state index in [1.165, 1.54) is 13.0 Å². The highest BCUT2D eigenvalue weighted by Crippen LogP contribution is 2.22. The standard InChI is InChI=1S/C18H30N4O2/c1-15(2)22-10-6-17(19-22)18(23)21-8-4-16(5-9-21)3-7-20-11-13-24-14-12-20/h6,10,15-16H,3-5,7-9,11-14H2,1-2H3. The molecule has 6 heteroatoms. The van der Waals surface area contributed by atoms with E-state index in [0.29, 0.717) is 5.69 Å². The number of morpholine rings is 1. The van der Waals surface area contributed by atoms with Crippen molar-refractivity contribution < 1.29 is 9.53 Å². The summed E-state index contributed by atoms with van der Waals surface area (Å²) in [6.07, 6.45) is 5.36. The van der Waals surface area contributed by atoms with Crippen molar-refractivity contribution in [1.82, 2.24) is 19.6 Å². The molecule has 3 heterocycles. The second-order valence-corrected chi connectivity index (χ2v) is 7.25. The molecule has 1 amide bonds. The molecule has 0 N–H and O–H groups in total. The number of aromatic nitrogens is 2. The molecule has 0 bridgehead atoms. The van der Waals surface area contributed by atoms with Crippen LogP contribution in [0.3, 0.4) is 0 Å². The topological polar surface area (TPSA) is 50.6 Å². The zero-order valence-corrected chi connectivity index (χ0v) is 15.0. The van der Waals surface area contributed by atoms with Crippen LogP contribution in [0.1, 0.15) is 49.6 Å². The van der Waals surface area contributed by atoms with Crippen LogP contribution in [-0.4, -0.2) is 71.4 Å². The fraction of sp³-hybridized carbons (Fsp3) is 0.778. The first-order valence-electron chi connectivity index (χ1n) is 9.28. The third-order valence-electron chi connectivity index (χ3n) is 5.22. The first kappa shape index (κ1) is 17.4. The zero-order valence-electron chi connectivity index (χ0n) is 15.0. The molecule has 0 saturated carbocycles. The average molecular weight is 334 g/mol. The molecular weight excluding hydrogens is 304 g/mol. The Hall–Kier alpha value is -1.40. The molecule has 0 radical (unpaired) electrons. The SMILES string of the molecule is CC(C)n1ccc(C(=O)N2CCC(CCN3CCOCC3)CC2)n1. The maximum Gasteiger partial charge on any atom is 0.274 e. The van der Waals surface area contributed by atoms with E-state index in [2.05, 4.69) is 23.8 Å². The lowest BCUT2D eigenvalue weighted by Gasteiger charge is -2.33. The van der Waals surface area contributed by atoms with E-state index in [-0.39, 0.29) is 11.9 Å². The normalized spacial score (nSPS) is 20.7. The van der Waals surface area contributed by atoms with Crippen LogP contribution >= 0.6 is 0 Å². The Balaban J connectivity index is 1.43. The fourth-order valence-corrected chi connectivity index (χ4v) is 3.52. The van der Waals surface area contributed by atoms with Crippen LogP contribution in [0.2, 0.25) is 0 Å². The van der Waals surface area contributed by atoms with Crippen LogP contribution in [0, 0.1) is 5.92 Å². The number of ether oxygens (including phenoxy) is 1. The van der Waals surface area contributed by atoms with E-state index in [9.17, 15) is 4.79 Å². The van der Waals surface area contributed by atoms with Gasteiger partial charge in [-0.25, -0.2) is 0 Å². The van der Waals surface area contributed by atoms with E-state index in [1.807, 2.05) is 21.8 Å². The molecule has 0 aromatic carbocycles. The maximum atomic E-state index is 12.6. The molecule has 3 rings (SSSR count). The van der Waals surface area contributed by atoms with Gasteiger partial charge in [-0.1, -0.05) is 0 Å². The molecule has 2 aliphatic rings. The van der Waals surface area contributed by atoms with E-state index in [0.717, 1.165) is 58.2 Å². The van der Waals surface area contributed by atoms with Gasteiger partial charge in [-0.2, -0.15) is 5.10 Å². The molecule has 0 unspecified atom stereocenters. The summed E-state index contributed by atoms with van der Waals surface area (Å²) in [5.41, 5.74) is 0.579. The van der Waals surface area contributed by atoms with E-state index >= 15 is 0 Å². The molecule has 2 fully saturated rings. The zero-order chi connectivity index (χ0) is 16.9. The highest BCUT2D eigenvalue weighted by molar-refractivity contribution is 5.92. The number of rotatable bonds is 5. The Morgan fingerprint density at radius 1 is 1.25 bits per heavy atom. The van der Waals surface area contributed by atoms with Crippen molar-refractivity contribution in [3.63, 3.8) is 0 Å². The second kappa shape index (κ2) is 8.12. The van der Waals surface area contributed by atoms with E-state index in [4.69, 9.17) is 4.74 Å². The van der Waals surface area contributed by atoms with Crippen LogP contribution in [0.25, 0.3) is 0 Å². The minimum atomic E-state index is 0.0843. The molecular formula is C18H30N4O2. The molecule has 0 atom stereocenters. The van der Waals surface area contributed by atoms with Crippen molar-refractivity contribution in [3.05, 3.63) is 18.0 Å². The summed E-state index contributed by atoms with van der Waals surface area (Å²) in [7, 11) is 0. The fourth-order valence-electron chi connectivity index (χ4n) is 3.52. The van der Waals surface area contributed by atoms with Gasteiger partial charge in [-0.05, 0) is 51.6 Å². The number of carbonyl (C=O) groups is 1. The number of hydrogen-bond donors (Lipinski definition) is 0. The summed E-state index contributed by atoms with van der Waals surface area (Å²) in [4.78, 5) is 17.0. The summed E-state index contributed by atoms with van der Waals surface area (Å²) in [5, 5.41) is 4.41. The minimum Gasteiger partial charge on any atom is -0.379 e. The molecule has 6 nitrogen and oxygen atoms in total. The van der Waals surface area contributed by atoms with Crippen LogP contribution in [0.15, 0.2) is 12.3 Å². The van der Waals surface area contributed by atoms with Crippen molar-refractivity contribution in [2.45, 2.75) is 39.2 Å². The quantitative estimate of drug-likeness (QED) is 0.827. The maximum absolute atomic E-state index is 12.6. The molecule has 2 aliphatic heterocycles. The lowest BCUT2D eigenvalue weighted by atomic mass is 9.93. The molecule has 24 heavy (non-hydrogen) atoms. The minimum absolute atomic E-state index is 0.0843. The van der Waals surface area contributed by atoms with Gasteiger partial charge in [0.1, 0.15) is 5.69 Å². The van der Waals surface area contributed by atoms with Gasteiger partial charge in [0.25, 0.3) is 5.91 Å². The van der Waals surface area contributed by atoms with Gasteiger partial charge in [-0.15, -0.1) is 0 Å². The van der Waals surface area contributed by atoms with Crippen molar-refractivity contribution in [1.29, 1.82) is 0 Å². The summed E-state index contributed by atoms with van der Waals surface area (Å²) in [6, 6.07) is 2.13. The Morgan fingerprint density at radius 2 is 1.96 bits per heavy atom.